The van der Waals surface area contributed by atoms with E-state index in [2.05, 4.69) is 0 Å². The molecule has 0 aromatic carbocycles. The van der Waals surface area contributed by atoms with E-state index in [1.807, 2.05) is 18.5 Å². The van der Waals surface area contributed by atoms with Gasteiger partial charge in [-0.1, -0.05) is 6.92 Å². The maximum atomic E-state index is 13.4. The van der Waals surface area contributed by atoms with Crippen LogP contribution in [-0.2, 0) is 18.6 Å². The van der Waals surface area contributed by atoms with E-state index >= 15 is 0 Å². The second kappa shape index (κ2) is 9.33. The highest BCUT2D eigenvalue weighted by molar-refractivity contribution is 7.53. The summed E-state index contributed by atoms with van der Waals surface area (Å²) >= 11 is 0. The fraction of sp³-hybridized carbons (Fsp3) is 0.944. The van der Waals surface area contributed by atoms with E-state index in [0.29, 0.717) is 26.2 Å². The minimum Gasteiger partial charge on any atom is -0.388 e. The summed E-state index contributed by atoms with van der Waals surface area (Å²) in [5.74, 6) is -0.131. The molecule has 1 fully saturated rings. The highest BCUT2D eigenvalue weighted by atomic mass is 31.2. The van der Waals surface area contributed by atoms with Crippen molar-refractivity contribution in [1.29, 1.82) is 0 Å². The Balaban J connectivity index is 2.74. The molecule has 1 amide bonds. The number of carbonyl (C=O) groups is 1. The Bertz CT molecular complexity index is 540. The smallest absolute Gasteiger partial charge is 0.345 e. The van der Waals surface area contributed by atoms with E-state index in [1.54, 1.807) is 51.4 Å². The van der Waals surface area contributed by atoms with Crippen LogP contribution in [-0.4, -0.2) is 89.4 Å². The molecule has 9 heteroatoms. The third kappa shape index (κ3) is 6.80. The van der Waals surface area contributed by atoms with Crippen molar-refractivity contribution in [3.05, 3.63) is 0 Å². The van der Waals surface area contributed by atoms with Crippen molar-refractivity contribution < 1.29 is 23.7 Å². The highest BCUT2D eigenvalue weighted by Gasteiger charge is 2.41. The standard InChI is InChI=1S/C18H38N3O5P/c1-9-15(2)26-27(24,19(7)8)21-12-10-20(11-13-21)16(22)18(5,6)25-14-17(3,4)23/h15,23H,9-14H2,1-8H3. The molecule has 160 valence electrons. The second-order valence-corrected chi connectivity index (χ2v) is 11.1. The lowest BCUT2D eigenvalue weighted by atomic mass is 10.1. The molecule has 1 aliphatic heterocycles. The van der Waals surface area contributed by atoms with E-state index in [9.17, 15) is 14.5 Å². The van der Waals surface area contributed by atoms with Crippen molar-refractivity contribution in [1.82, 2.24) is 14.2 Å². The summed E-state index contributed by atoms with van der Waals surface area (Å²) in [7, 11) is 0.409. The van der Waals surface area contributed by atoms with Crippen LogP contribution in [0.2, 0.25) is 0 Å². The van der Waals surface area contributed by atoms with Crippen LogP contribution in [0.25, 0.3) is 0 Å². The zero-order valence-electron chi connectivity index (χ0n) is 18.2. The van der Waals surface area contributed by atoms with Gasteiger partial charge in [0.15, 0.2) is 0 Å². The number of nitrogens with zero attached hydrogens (tertiary/aromatic N) is 3. The van der Waals surface area contributed by atoms with Gasteiger partial charge in [-0.05, 0) is 55.1 Å². The van der Waals surface area contributed by atoms with Crippen LogP contribution >= 0.6 is 7.67 Å². The van der Waals surface area contributed by atoms with E-state index in [1.165, 1.54) is 0 Å². The third-order valence-electron chi connectivity index (χ3n) is 4.60. The fourth-order valence-electron chi connectivity index (χ4n) is 2.67. The molecule has 0 aromatic rings. The first-order chi connectivity index (χ1) is 12.2. The molecule has 0 aromatic heterocycles. The van der Waals surface area contributed by atoms with Gasteiger partial charge in [-0.15, -0.1) is 0 Å². The van der Waals surface area contributed by atoms with Crippen molar-refractivity contribution in [3.8, 4) is 0 Å². The minimum absolute atomic E-state index is 0.0737. The van der Waals surface area contributed by atoms with Gasteiger partial charge in [0.05, 0.1) is 18.3 Å². The maximum absolute atomic E-state index is 13.4. The Morgan fingerprint density at radius 3 is 2.11 bits per heavy atom. The monoisotopic (exact) mass is 407 g/mol. The van der Waals surface area contributed by atoms with Crippen molar-refractivity contribution in [2.45, 2.75) is 65.3 Å². The Hall–Kier alpha value is -0.500. The first kappa shape index (κ1) is 24.5. The number of amides is 1. The van der Waals surface area contributed by atoms with E-state index in [0.717, 1.165) is 6.42 Å². The Morgan fingerprint density at radius 2 is 1.70 bits per heavy atom. The molecule has 1 rings (SSSR count). The first-order valence-electron chi connectivity index (χ1n) is 9.60. The SMILES string of the molecule is CCC(C)OP(=O)(N(C)C)N1CCN(C(=O)C(C)(C)OCC(C)(C)O)CC1. The Kier molecular flexibility index (Phi) is 8.48. The molecule has 8 nitrogen and oxygen atoms in total. The van der Waals surface area contributed by atoms with Gasteiger partial charge in [0.25, 0.3) is 5.91 Å². The fourth-order valence-corrected chi connectivity index (χ4v) is 4.80. The average molecular weight is 407 g/mol. The minimum atomic E-state index is -3.11. The predicted molar refractivity (Wildman–Crippen MR) is 107 cm³/mol. The van der Waals surface area contributed by atoms with E-state index < -0.39 is 18.9 Å². The molecule has 0 aliphatic carbocycles. The third-order valence-corrected chi connectivity index (χ3v) is 7.36. The van der Waals surface area contributed by atoms with Crippen molar-refractivity contribution in [3.63, 3.8) is 0 Å². The van der Waals surface area contributed by atoms with Gasteiger partial charge in [0, 0.05) is 26.2 Å². The summed E-state index contributed by atoms with van der Waals surface area (Å²) in [6.07, 6.45) is 0.676. The molecule has 0 bridgehead atoms. The van der Waals surface area contributed by atoms with Crippen LogP contribution in [0, 0.1) is 0 Å². The van der Waals surface area contributed by atoms with Crippen LogP contribution in [0.3, 0.4) is 0 Å². The van der Waals surface area contributed by atoms with Gasteiger partial charge in [-0.25, -0.2) is 9.34 Å². The topological polar surface area (TPSA) is 82.6 Å². The Labute approximate surface area is 164 Å². The van der Waals surface area contributed by atoms with E-state index in [4.69, 9.17) is 9.26 Å². The lowest BCUT2D eigenvalue weighted by Gasteiger charge is -2.42. The molecule has 27 heavy (non-hydrogen) atoms. The lowest BCUT2D eigenvalue weighted by Crippen LogP contribution is -2.55. The van der Waals surface area contributed by atoms with Crippen LogP contribution in [0.15, 0.2) is 0 Å². The largest absolute Gasteiger partial charge is 0.388 e. The van der Waals surface area contributed by atoms with E-state index in [-0.39, 0.29) is 18.6 Å². The number of aliphatic hydroxyl groups is 1. The summed E-state index contributed by atoms with van der Waals surface area (Å²) in [5.41, 5.74) is -2.03. The molecule has 1 aliphatic rings. The molecule has 1 saturated heterocycles. The number of rotatable bonds is 9. The zero-order valence-corrected chi connectivity index (χ0v) is 19.1. The number of ether oxygens (including phenoxy) is 1. The number of piperazine rings is 1. The van der Waals surface area contributed by atoms with Crippen molar-refractivity contribution in [2.24, 2.45) is 0 Å². The summed E-state index contributed by atoms with van der Waals surface area (Å²) < 4.78 is 28.4. The summed E-state index contributed by atoms with van der Waals surface area (Å²) in [6, 6.07) is 0. The van der Waals surface area contributed by atoms with Gasteiger partial charge in [0.1, 0.15) is 5.60 Å². The molecule has 2 unspecified atom stereocenters. The normalized spacial score (nSPS) is 20.6. The van der Waals surface area contributed by atoms with Gasteiger partial charge in [-0.3, -0.25) is 9.36 Å². The highest BCUT2D eigenvalue weighted by Crippen LogP contribution is 2.54. The molecule has 0 radical (unpaired) electrons. The number of hydrogen-bond donors (Lipinski definition) is 1. The second-order valence-electron chi connectivity index (χ2n) is 8.52. The lowest BCUT2D eigenvalue weighted by molar-refractivity contribution is -0.162. The molecular formula is C18H38N3O5P. The quantitative estimate of drug-likeness (QED) is 0.587. The average Bonchev–Trinajstić information content (AvgIpc) is 2.58. The molecule has 1 N–H and O–H groups in total. The van der Waals surface area contributed by atoms with Gasteiger partial charge in [-0.2, -0.15) is 0 Å². The summed E-state index contributed by atoms with van der Waals surface area (Å²) in [4.78, 5) is 14.6. The number of hydrogen-bond acceptors (Lipinski definition) is 5. The summed E-state index contributed by atoms with van der Waals surface area (Å²) in [6.45, 7) is 12.5. The Morgan fingerprint density at radius 1 is 1.19 bits per heavy atom. The van der Waals surface area contributed by atoms with Crippen LogP contribution in [0.4, 0.5) is 0 Å². The first-order valence-corrected chi connectivity index (χ1v) is 11.1. The molecule has 0 spiro atoms. The van der Waals surface area contributed by atoms with Crippen LogP contribution in [0.5, 0.6) is 0 Å². The molecule has 0 saturated carbocycles. The molecular weight excluding hydrogens is 369 g/mol. The van der Waals surface area contributed by atoms with Crippen molar-refractivity contribution in [2.75, 3.05) is 46.9 Å². The van der Waals surface area contributed by atoms with Gasteiger partial charge in [0.2, 0.25) is 0 Å². The van der Waals surface area contributed by atoms with Crippen molar-refractivity contribution >= 4 is 13.6 Å². The summed E-state index contributed by atoms with van der Waals surface area (Å²) in [5, 5.41) is 9.84. The van der Waals surface area contributed by atoms with Gasteiger partial charge < -0.3 is 19.3 Å². The molecule has 1 heterocycles. The predicted octanol–water partition coefficient (Wildman–Crippen LogP) is 2.18. The maximum Gasteiger partial charge on any atom is 0.345 e. The molecule has 2 atom stereocenters. The van der Waals surface area contributed by atoms with Crippen LogP contribution < -0.4 is 0 Å². The number of carbonyl (C=O) groups excluding carboxylic acids is 1. The van der Waals surface area contributed by atoms with Gasteiger partial charge >= 0.3 is 7.67 Å². The van der Waals surface area contributed by atoms with Crippen LogP contribution in [0.1, 0.15) is 48.0 Å². The zero-order chi connectivity index (χ0) is 21.0.